The van der Waals surface area contributed by atoms with E-state index in [4.69, 9.17) is 23.2 Å². The third kappa shape index (κ3) is 2.90. The Morgan fingerprint density at radius 3 is 2.45 bits per heavy atom. The molecule has 0 aromatic carbocycles. The lowest BCUT2D eigenvalue weighted by molar-refractivity contribution is -0.139. The van der Waals surface area contributed by atoms with Crippen molar-refractivity contribution in [2.45, 2.75) is 44.6 Å². The van der Waals surface area contributed by atoms with Crippen molar-refractivity contribution in [3.05, 3.63) is 22.2 Å². The van der Waals surface area contributed by atoms with Gasteiger partial charge < -0.3 is 10.4 Å². The Balaban J connectivity index is 2.27. The average molecular weight is 318 g/mol. The molecule has 1 saturated carbocycles. The van der Waals surface area contributed by atoms with Gasteiger partial charge in [-0.15, -0.1) is 0 Å². The van der Waals surface area contributed by atoms with Gasteiger partial charge in [-0.1, -0.05) is 29.3 Å². The van der Waals surface area contributed by atoms with Gasteiger partial charge in [-0.25, -0.2) is 0 Å². The standard InChI is InChI=1S/C15H21Cl2NO2/c1-14(20)5-7-15(8-6-14,13(19)18-2)10-3-4-11(16)12(17)9-10/h3-4,10,20H,5-9H2,1-2H3,(H,18,19)/t10?,14-,15+. The fraction of sp³-hybridized carbons (Fsp3) is 0.667. The number of rotatable bonds is 2. The Kier molecular flexibility index (Phi) is 4.53. The van der Waals surface area contributed by atoms with Crippen LogP contribution in [0.5, 0.6) is 0 Å². The van der Waals surface area contributed by atoms with Crippen molar-refractivity contribution < 1.29 is 9.90 Å². The number of hydrogen-bond acceptors (Lipinski definition) is 2. The summed E-state index contributed by atoms with van der Waals surface area (Å²) in [6.45, 7) is 1.83. The number of hydrogen-bond donors (Lipinski definition) is 2. The molecule has 0 aromatic heterocycles. The minimum absolute atomic E-state index is 0.0325. The number of allylic oxidation sites excluding steroid dienone is 4. The molecule has 2 aliphatic carbocycles. The zero-order chi connectivity index (χ0) is 15.0. The van der Waals surface area contributed by atoms with E-state index in [9.17, 15) is 9.90 Å². The first-order valence-electron chi connectivity index (χ1n) is 6.98. The molecule has 0 heterocycles. The second kappa shape index (κ2) is 5.70. The Labute approximate surface area is 130 Å². The minimum Gasteiger partial charge on any atom is -0.390 e. The SMILES string of the molecule is CNC(=O)[C@]1(C2C=CC(Cl)=C(Cl)C2)CC[C@](C)(O)CC1. The van der Waals surface area contributed by atoms with Crippen LogP contribution in [0.2, 0.25) is 0 Å². The van der Waals surface area contributed by atoms with Crippen LogP contribution in [0.15, 0.2) is 22.2 Å². The molecule has 3 nitrogen and oxygen atoms in total. The first kappa shape index (κ1) is 15.9. The zero-order valence-electron chi connectivity index (χ0n) is 11.9. The van der Waals surface area contributed by atoms with Gasteiger partial charge in [0.15, 0.2) is 0 Å². The van der Waals surface area contributed by atoms with E-state index >= 15 is 0 Å². The highest BCUT2D eigenvalue weighted by molar-refractivity contribution is 6.40. The minimum atomic E-state index is -0.673. The highest BCUT2D eigenvalue weighted by Gasteiger charge is 2.49. The fourth-order valence-electron chi connectivity index (χ4n) is 3.28. The monoisotopic (exact) mass is 317 g/mol. The highest BCUT2D eigenvalue weighted by atomic mass is 35.5. The van der Waals surface area contributed by atoms with Gasteiger partial charge >= 0.3 is 0 Å². The largest absolute Gasteiger partial charge is 0.390 e. The topological polar surface area (TPSA) is 49.3 Å². The van der Waals surface area contributed by atoms with Crippen LogP contribution in [0.25, 0.3) is 0 Å². The number of halogens is 2. The molecule has 5 heteroatoms. The van der Waals surface area contributed by atoms with E-state index < -0.39 is 11.0 Å². The van der Waals surface area contributed by atoms with E-state index in [0.29, 0.717) is 42.2 Å². The van der Waals surface area contributed by atoms with Crippen molar-refractivity contribution in [1.82, 2.24) is 5.32 Å². The maximum Gasteiger partial charge on any atom is 0.226 e. The van der Waals surface area contributed by atoms with Crippen LogP contribution in [0.4, 0.5) is 0 Å². The summed E-state index contributed by atoms with van der Waals surface area (Å²) in [5.74, 6) is 0.0682. The number of carbonyl (C=O) groups is 1. The Morgan fingerprint density at radius 1 is 1.35 bits per heavy atom. The van der Waals surface area contributed by atoms with Crippen LogP contribution in [-0.2, 0) is 4.79 Å². The lowest BCUT2D eigenvalue weighted by Gasteiger charge is -2.45. The highest BCUT2D eigenvalue weighted by Crippen LogP contribution is 2.50. The number of carbonyl (C=O) groups excluding carboxylic acids is 1. The fourth-order valence-corrected chi connectivity index (χ4v) is 3.66. The van der Waals surface area contributed by atoms with Crippen LogP contribution >= 0.6 is 23.2 Å². The molecule has 1 atom stereocenters. The predicted octanol–water partition coefficient (Wildman–Crippen LogP) is 3.31. The van der Waals surface area contributed by atoms with E-state index in [0.717, 1.165) is 0 Å². The smallest absolute Gasteiger partial charge is 0.226 e. The first-order chi connectivity index (χ1) is 9.31. The lowest BCUT2D eigenvalue weighted by atomic mass is 9.60. The molecule has 0 radical (unpaired) electrons. The van der Waals surface area contributed by atoms with Gasteiger partial charge in [-0.05, 0) is 51.0 Å². The van der Waals surface area contributed by atoms with Crippen molar-refractivity contribution in [3.8, 4) is 0 Å². The Morgan fingerprint density at radius 2 is 1.95 bits per heavy atom. The molecule has 0 bridgehead atoms. The molecule has 2 rings (SSSR count). The van der Waals surface area contributed by atoms with Crippen LogP contribution in [-0.4, -0.2) is 23.7 Å². The Bertz CT molecular complexity index is 458. The molecule has 20 heavy (non-hydrogen) atoms. The van der Waals surface area contributed by atoms with Gasteiger partial charge in [-0.2, -0.15) is 0 Å². The van der Waals surface area contributed by atoms with Crippen molar-refractivity contribution in [2.24, 2.45) is 11.3 Å². The van der Waals surface area contributed by atoms with Crippen LogP contribution in [0.3, 0.4) is 0 Å². The molecule has 2 N–H and O–H groups in total. The third-order valence-electron chi connectivity index (χ3n) is 4.74. The molecule has 0 aliphatic heterocycles. The van der Waals surface area contributed by atoms with Crippen molar-refractivity contribution in [2.75, 3.05) is 7.05 Å². The maximum atomic E-state index is 12.5. The van der Waals surface area contributed by atoms with Gasteiger partial charge in [0.25, 0.3) is 0 Å². The third-order valence-corrected chi connectivity index (χ3v) is 5.55. The van der Waals surface area contributed by atoms with Gasteiger partial charge in [0, 0.05) is 12.1 Å². The normalized spacial score (nSPS) is 38.0. The summed E-state index contributed by atoms with van der Waals surface area (Å²) in [5.41, 5.74) is -1.17. The summed E-state index contributed by atoms with van der Waals surface area (Å²) < 4.78 is 0. The molecule has 0 saturated heterocycles. The first-order valence-corrected chi connectivity index (χ1v) is 7.73. The summed E-state index contributed by atoms with van der Waals surface area (Å²) in [6, 6.07) is 0. The van der Waals surface area contributed by atoms with E-state index in [1.165, 1.54) is 0 Å². The van der Waals surface area contributed by atoms with Crippen LogP contribution < -0.4 is 5.32 Å². The molecule has 1 fully saturated rings. The summed E-state index contributed by atoms with van der Waals surface area (Å²) in [4.78, 5) is 12.5. The van der Waals surface area contributed by atoms with Crippen molar-refractivity contribution in [3.63, 3.8) is 0 Å². The summed E-state index contributed by atoms with van der Waals surface area (Å²) >= 11 is 12.2. The number of aliphatic hydroxyl groups is 1. The van der Waals surface area contributed by atoms with Gasteiger partial charge in [-0.3, -0.25) is 4.79 Å². The number of amides is 1. The molecule has 1 unspecified atom stereocenters. The summed E-state index contributed by atoms with van der Waals surface area (Å²) in [5, 5.41) is 14.1. The predicted molar refractivity (Wildman–Crippen MR) is 81.6 cm³/mol. The molecule has 0 aromatic rings. The molecule has 2 aliphatic rings. The summed E-state index contributed by atoms with van der Waals surface area (Å²) in [7, 11) is 1.66. The quantitative estimate of drug-likeness (QED) is 0.821. The van der Waals surface area contributed by atoms with E-state index in [1.54, 1.807) is 13.1 Å². The van der Waals surface area contributed by atoms with Crippen molar-refractivity contribution in [1.29, 1.82) is 0 Å². The summed E-state index contributed by atoms with van der Waals surface area (Å²) in [6.07, 6.45) is 6.94. The van der Waals surface area contributed by atoms with E-state index in [1.807, 2.05) is 13.0 Å². The van der Waals surface area contributed by atoms with Gasteiger partial charge in [0.1, 0.15) is 0 Å². The zero-order valence-corrected chi connectivity index (χ0v) is 13.4. The molecular formula is C15H21Cl2NO2. The van der Waals surface area contributed by atoms with E-state index in [-0.39, 0.29) is 11.8 Å². The van der Waals surface area contributed by atoms with Gasteiger partial charge in [0.05, 0.1) is 16.0 Å². The molecule has 112 valence electrons. The van der Waals surface area contributed by atoms with Crippen molar-refractivity contribution >= 4 is 29.1 Å². The molecular weight excluding hydrogens is 297 g/mol. The van der Waals surface area contributed by atoms with Crippen LogP contribution in [0.1, 0.15) is 39.0 Å². The maximum absolute atomic E-state index is 12.5. The van der Waals surface area contributed by atoms with Gasteiger partial charge in [0.2, 0.25) is 5.91 Å². The number of nitrogens with one attached hydrogen (secondary N) is 1. The molecule has 0 spiro atoms. The lowest BCUT2D eigenvalue weighted by Crippen LogP contribution is -2.49. The second-order valence-electron chi connectivity index (χ2n) is 6.15. The van der Waals surface area contributed by atoms with E-state index in [2.05, 4.69) is 5.32 Å². The second-order valence-corrected chi connectivity index (χ2v) is 7.02. The Hall–Kier alpha value is -0.510. The molecule has 1 amide bonds. The average Bonchev–Trinajstić information content (AvgIpc) is 2.42. The van der Waals surface area contributed by atoms with Crippen LogP contribution in [0, 0.1) is 11.3 Å².